The van der Waals surface area contributed by atoms with Gasteiger partial charge in [0, 0.05) is 50.2 Å². The molecule has 150 valence electrons. The van der Waals surface area contributed by atoms with Crippen LogP contribution in [0.25, 0.3) is 0 Å². The van der Waals surface area contributed by atoms with Gasteiger partial charge in [-0.25, -0.2) is 0 Å². The van der Waals surface area contributed by atoms with E-state index < -0.39 is 6.10 Å². The number of rotatable bonds is 8. The van der Waals surface area contributed by atoms with Crippen molar-refractivity contribution in [2.24, 2.45) is 13.0 Å². The van der Waals surface area contributed by atoms with Crippen molar-refractivity contribution in [3.8, 4) is 0 Å². The number of hydrogen-bond acceptors (Lipinski definition) is 5. The molecule has 2 heterocycles. The summed E-state index contributed by atoms with van der Waals surface area (Å²) >= 11 is 0. The molecule has 3 rings (SSSR count). The molecule has 2 aromatic rings. The maximum absolute atomic E-state index is 12.4. The van der Waals surface area contributed by atoms with Crippen LogP contribution in [0.4, 0.5) is 0 Å². The first kappa shape index (κ1) is 20.0. The lowest BCUT2D eigenvalue weighted by molar-refractivity contribution is -0.125. The van der Waals surface area contributed by atoms with E-state index in [0.29, 0.717) is 38.6 Å². The van der Waals surface area contributed by atoms with Gasteiger partial charge >= 0.3 is 0 Å². The second kappa shape index (κ2) is 9.45. The van der Waals surface area contributed by atoms with Crippen LogP contribution in [0.1, 0.15) is 30.5 Å². The molecule has 1 fully saturated rings. The first-order valence-corrected chi connectivity index (χ1v) is 9.64. The van der Waals surface area contributed by atoms with E-state index in [0.717, 1.165) is 11.3 Å². The average molecular weight is 385 g/mol. The number of hydrogen-bond donors (Lipinski definition) is 3. The van der Waals surface area contributed by atoms with Crippen molar-refractivity contribution in [2.75, 3.05) is 6.54 Å². The van der Waals surface area contributed by atoms with E-state index in [1.807, 2.05) is 25.2 Å². The Bertz CT molecular complexity index is 792. The summed E-state index contributed by atoms with van der Waals surface area (Å²) in [6.45, 7) is 0.527. The molecular formula is C20H27N5O3. The van der Waals surface area contributed by atoms with Gasteiger partial charge in [0.2, 0.25) is 11.8 Å². The Labute approximate surface area is 164 Å². The Kier molecular flexibility index (Phi) is 6.76. The number of aliphatic hydroxyl groups excluding tert-OH is 1. The molecule has 3 atom stereocenters. The second-order valence-electron chi connectivity index (χ2n) is 7.26. The van der Waals surface area contributed by atoms with Crippen LogP contribution in [0, 0.1) is 5.92 Å². The fraction of sp³-hybridized carbons (Fsp3) is 0.500. The van der Waals surface area contributed by atoms with E-state index >= 15 is 0 Å². The van der Waals surface area contributed by atoms with Crippen LogP contribution in [0.3, 0.4) is 0 Å². The van der Waals surface area contributed by atoms with Gasteiger partial charge in [0.25, 0.3) is 0 Å². The van der Waals surface area contributed by atoms with Crippen LogP contribution < -0.4 is 10.6 Å². The number of aromatic nitrogens is 3. The second-order valence-corrected chi connectivity index (χ2v) is 7.26. The van der Waals surface area contributed by atoms with Gasteiger partial charge in [-0.1, -0.05) is 6.07 Å². The summed E-state index contributed by atoms with van der Waals surface area (Å²) in [5.41, 5.74) is 2.04. The summed E-state index contributed by atoms with van der Waals surface area (Å²) < 4.78 is 1.74. The largest absolute Gasteiger partial charge is 0.391 e. The Morgan fingerprint density at radius 1 is 1.25 bits per heavy atom. The SMILES string of the molecule is Cn1nccc1CCC(=O)N[C@@H]1C[C@H](C(=O)NCCc2cccnc2)C[C@H]1O. The maximum atomic E-state index is 12.4. The fourth-order valence-corrected chi connectivity index (χ4v) is 3.57. The van der Waals surface area contributed by atoms with Crippen molar-refractivity contribution in [2.45, 2.75) is 44.2 Å². The summed E-state index contributed by atoms with van der Waals surface area (Å²) in [5, 5.41) is 20.1. The van der Waals surface area contributed by atoms with Crippen LogP contribution in [-0.2, 0) is 29.5 Å². The quantitative estimate of drug-likeness (QED) is 0.608. The molecule has 0 aliphatic heterocycles. The lowest BCUT2D eigenvalue weighted by atomic mass is 10.1. The molecule has 0 aromatic carbocycles. The number of amides is 2. The molecule has 0 unspecified atom stereocenters. The number of aryl methyl sites for hydroxylation is 2. The van der Waals surface area contributed by atoms with Gasteiger partial charge in [0.05, 0.1) is 12.1 Å². The molecule has 0 radical (unpaired) electrons. The Balaban J connectivity index is 1.39. The minimum atomic E-state index is -0.699. The maximum Gasteiger partial charge on any atom is 0.223 e. The molecule has 3 N–H and O–H groups in total. The monoisotopic (exact) mass is 385 g/mol. The smallest absolute Gasteiger partial charge is 0.223 e. The summed E-state index contributed by atoms with van der Waals surface area (Å²) in [7, 11) is 1.84. The van der Waals surface area contributed by atoms with Gasteiger partial charge in [0.1, 0.15) is 0 Å². The van der Waals surface area contributed by atoms with Gasteiger partial charge in [0.15, 0.2) is 0 Å². The van der Waals surface area contributed by atoms with Crippen LogP contribution in [0.5, 0.6) is 0 Å². The van der Waals surface area contributed by atoms with E-state index in [-0.39, 0.29) is 23.8 Å². The topological polar surface area (TPSA) is 109 Å². The van der Waals surface area contributed by atoms with E-state index in [1.165, 1.54) is 0 Å². The molecule has 28 heavy (non-hydrogen) atoms. The third kappa shape index (κ3) is 5.39. The third-order valence-electron chi connectivity index (χ3n) is 5.21. The number of aliphatic hydroxyl groups is 1. The zero-order valence-electron chi connectivity index (χ0n) is 16.0. The molecular weight excluding hydrogens is 358 g/mol. The molecule has 0 spiro atoms. The number of pyridine rings is 1. The van der Waals surface area contributed by atoms with Crippen molar-refractivity contribution in [3.63, 3.8) is 0 Å². The normalized spacial score (nSPS) is 21.4. The average Bonchev–Trinajstić information content (AvgIpc) is 3.26. The van der Waals surface area contributed by atoms with Crippen molar-refractivity contribution in [1.82, 2.24) is 25.4 Å². The summed E-state index contributed by atoms with van der Waals surface area (Å²) in [6.07, 6.45) is 6.94. The Morgan fingerprint density at radius 3 is 2.82 bits per heavy atom. The van der Waals surface area contributed by atoms with E-state index in [9.17, 15) is 14.7 Å². The summed E-state index contributed by atoms with van der Waals surface area (Å²) in [5.74, 6) is -0.483. The van der Waals surface area contributed by atoms with Crippen LogP contribution in [0.2, 0.25) is 0 Å². The zero-order valence-corrected chi connectivity index (χ0v) is 16.0. The minimum absolute atomic E-state index is 0.0745. The van der Waals surface area contributed by atoms with E-state index in [2.05, 4.69) is 20.7 Å². The first-order chi connectivity index (χ1) is 13.5. The molecule has 2 aromatic heterocycles. The molecule has 1 aliphatic rings. The predicted octanol–water partition coefficient (Wildman–Crippen LogP) is 0.362. The standard InChI is InChI=1S/C20H27N5O3/c1-25-16(7-10-23-25)4-5-19(27)24-17-11-15(12-18(17)26)20(28)22-9-6-14-3-2-8-21-13-14/h2-3,7-8,10,13,15,17-18,26H,4-6,9,11-12H2,1H3,(H,22,28)(H,24,27)/t15-,17+,18+/m0/s1. The zero-order chi connectivity index (χ0) is 19.9. The lowest BCUT2D eigenvalue weighted by Gasteiger charge is -2.16. The highest BCUT2D eigenvalue weighted by molar-refractivity contribution is 5.80. The highest BCUT2D eigenvalue weighted by Crippen LogP contribution is 2.26. The van der Waals surface area contributed by atoms with Gasteiger partial charge in [-0.05, 0) is 43.4 Å². The van der Waals surface area contributed by atoms with Gasteiger partial charge in [-0.3, -0.25) is 19.3 Å². The van der Waals surface area contributed by atoms with E-state index in [1.54, 1.807) is 23.3 Å². The van der Waals surface area contributed by atoms with Crippen LogP contribution in [0.15, 0.2) is 36.8 Å². The summed E-state index contributed by atoms with van der Waals surface area (Å²) in [4.78, 5) is 28.6. The van der Waals surface area contributed by atoms with Gasteiger partial charge < -0.3 is 15.7 Å². The molecule has 8 heteroatoms. The van der Waals surface area contributed by atoms with Crippen LogP contribution >= 0.6 is 0 Å². The molecule has 0 bridgehead atoms. The number of carbonyl (C=O) groups is 2. The predicted molar refractivity (Wildman–Crippen MR) is 103 cm³/mol. The van der Waals surface area contributed by atoms with Crippen LogP contribution in [-0.4, -0.2) is 50.4 Å². The third-order valence-corrected chi connectivity index (χ3v) is 5.21. The van der Waals surface area contributed by atoms with Crippen molar-refractivity contribution in [3.05, 3.63) is 48.0 Å². The summed E-state index contributed by atoms with van der Waals surface area (Å²) in [6, 6.07) is 5.33. The number of nitrogens with zero attached hydrogens (tertiary/aromatic N) is 3. The fourth-order valence-electron chi connectivity index (χ4n) is 3.57. The highest BCUT2D eigenvalue weighted by Gasteiger charge is 2.37. The molecule has 1 saturated carbocycles. The Morgan fingerprint density at radius 2 is 2.11 bits per heavy atom. The Hall–Kier alpha value is -2.74. The lowest BCUT2D eigenvalue weighted by Crippen LogP contribution is -2.40. The van der Waals surface area contributed by atoms with Crippen molar-refractivity contribution < 1.29 is 14.7 Å². The van der Waals surface area contributed by atoms with Crippen molar-refractivity contribution >= 4 is 11.8 Å². The number of carbonyl (C=O) groups excluding carboxylic acids is 2. The van der Waals surface area contributed by atoms with Crippen molar-refractivity contribution in [1.29, 1.82) is 0 Å². The number of nitrogens with one attached hydrogen (secondary N) is 2. The molecule has 0 saturated heterocycles. The highest BCUT2D eigenvalue weighted by atomic mass is 16.3. The van der Waals surface area contributed by atoms with Gasteiger partial charge in [-0.2, -0.15) is 5.10 Å². The molecule has 1 aliphatic carbocycles. The molecule has 8 nitrogen and oxygen atoms in total. The minimum Gasteiger partial charge on any atom is -0.391 e. The van der Waals surface area contributed by atoms with Gasteiger partial charge in [-0.15, -0.1) is 0 Å². The molecule has 2 amide bonds. The van der Waals surface area contributed by atoms with E-state index in [4.69, 9.17) is 0 Å². The first-order valence-electron chi connectivity index (χ1n) is 9.64.